The van der Waals surface area contributed by atoms with Gasteiger partial charge in [-0.3, -0.25) is 14.6 Å². The van der Waals surface area contributed by atoms with Crippen molar-refractivity contribution in [2.75, 3.05) is 26.7 Å². The summed E-state index contributed by atoms with van der Waals surface area (Å²) in [5.41, 5.74) is 5.95. The van der Waals surface area contributed by atoms with Crippen molar-refractivity contribution < 1.29 is 9.59 Å². The highest BCUT2D eigenvalue weighted by atomic mass is 16.2. The van der Waals surface area contributed by atoms with Crippen LogP contribution in [0.3, 0.4) is 0 Å². The van der Waals surface area contributed by atoms with Gasteiger partial charge in [0.1, 0.15) is 0 Å². The van der Waals surface area contributed by atoms with Crippen molar-refractivity contribution in [3.8, 4) is 11.1 Å². The van der Waals surface area contributed by atoms with Crippen LogP contribution in [0, 0.1) is 12.8 Å². The number of carbonyl (C=O) groups is 2. The Bertz CT molecular complexity index is 1140. The number of H-pyrrole nitrogens is 1. The molecule has 0 unspecified atom stereocenters. The van der Waals surface area contributed by atoms with Gasteiger partial charge in [-0.1, -0.05) is 18.2 Å². The minimum atomic E-state index is -0.208. The third kappa shape index (κ3) is 3.50. The molecule has 2 aromatic heterocycles. The summed E-state index contributed by atoms with van der Waals surface area (Å²) in [7, 11) is 1.78. The average Bonchev–Trinajstić information content (AvgIpc) is 3.35. The van der Waals surface area contributed by atoms with Crippen LogP contribution in [-0.4, -0.2) is 58.3 Å². The number of fused-ring (bicyclic) bond motifs is 1. The molecule has 2 atom stereocenters. The Morgan fingerprint density at radius 2 is 1.97 bits per heavy atom. The summed E-state index contributed by atoms with van der Waals surface area (Å²) in [4.78, 5) is 36.7. The average molecular weight is 417 g/mol. The Morgan fingerprint density at radius 1 is 1.16 bits per heavy atom. The van der Waals surface area contributed by atoms with Crippen LogP contribution in [0.4, 0.5) is 0 Å². The summed E-state index contributed by atoms with van der Waals surface area (Å²) in [5, 5.41) is 1.22. The SMILES string of the molecule is Cc1cccc2c(-c3ccncc3)c([C@@H]3CCCN(C(=O)[C@@H]4CC(=O)N(C)C4)C3)[nH]c12. The predicted molar refractivity (Wildman–Crippen MR) is 121 cm³/mol. The van der Waals surface area contributed by atoms with E-state index in [9.17, 15) is 9.59 Å². The van der Waals surface area contributed by atoms with Gasteiger partial charge in [0.2, 0.25) is 11.8 Å². The van der Waals surface area contributed by atoms with E-state index in [1.165, 1.54) is 22.2 Å². The van der Waals surface area contributed by atoms with Gasteiger partial charge in [-0.25, -0.2) is 0 Å². The summed E-state index contributed by atoms with van der Waals surface area (Å²) in [5.74, 6) is 0.224. The van der Waals surface area contributed by atoms with Crippen LogP contribution in [0.1, 0.15) is 36.4 Å². The molecule has 0 saturated carbocycles. The number of hydrogen-bond donors (Lipinski definition) is 1. The molecule has 2 aliphatic rings. The minimum Gasteiger partial charge on any atom is -0.357 e. The molecule has 2 saturated heterocycles. The van der Waals surface area contributed by atoms with Crippen molar-refractivity contribution in [2.24, 2.45) is 5.92 Å². The maximum absolute atomic E-state index is 13.2. The number of nitrogens with one attached hydrogen (secondary N) is 1. The first-order valence-corrected chi connectivity index (χ1v) is 11.1. The zero-order chi connectivity index (χ0) is 21.5. The van der Waals surface area contributed by atoms with E-state index in [1.807, 2.05) is 17.3 Å². The third-order valence-electron chi connectivity index (χ3n) is 6.87. The van der Waals surface area contributed by atoms with Crippen LogP contribution in [0.15, 0.2) is 42.7 Å². The first-order valence-electron chi connectivity index (χ1n) is 11.1. The lowest BCUT2D eigenvalue weighted by atomic mass is 9.89. The minimum absolute atomic E-state index is 0.0676. The Balaban J connectivity index is 1.50. The van der Waals surface area contributed by atoms with E-state index in [-0.39, 0.29) is 23.7 Å². The van der Waals surface area contributed by atoms with Crippen LogP contribution in [0.2, 0.25) is 0 Å². The monoisotopic (exact) mass is 416 g/mol. The highest BCUT2D eigenvalue weighted by Crippen LogP contribution is 2.40. The molecule has 1 N–H and O–H groups in total. The van der Waals surface area contributed by atoms with E-state index in [2.05, 4.69) is 47.2 Å². The lowest BCUT2D eigenvalue weighted by molar-refractivity contribution is -0.137. The standard InChI is InChI=1S/C25H28N4O2/c1-16-5-3-7-20-22(17-8-10-26-11-9-17)24(27-23(16)20)18-6-4-12-29(15-18)25(31)19-13-21(30)28(2)14-19/h3,5,7-11,18-19,27H,4,6,12-15H2,1-2H3/t18-,19-/m1/s1. The number of para-hydroxylation sites is 1. The van der Waals surface area contributed by atoms with Crippen molar-refractivity contribution in [3.63, 3.8) is 0 Å². The molecule has 2 aliphatic heterocycles. The fourth-order valence-corrected chi connectivity index (χ4v) is 5.22. The van der Waals surface area contributed by atoms with Crippen LogP contribution in [0.25, 0.3) is 22.0 Å². The number of benzene rings is 1. The molecule has 6 nitrogen and oxygen atoms in total. The number of nitrogens with zero attached hydrogens (tertiary/aromatic N) is 3. The number of aromatic nitrogens is 2. The predicted octanol–water partition coefficient (Wildman–Crippen LogP) is 3.72. The van der Waals surface area contributed by atoms with Gasteiger partial charge < -0.3 is 14.8 Å². The number of rotatable bonds is 3. The molecular weight excluding hydrogens is 388 g/mol. The van der Waals surface area contributed by atoms with Gasteiger partial charge in [0.25, 0.3) is 0 Å². The highest BCUT2D eigenvalue weighted by molar-refractivity contribution is 5.99. The van der Waals surface area contributed by atoms with E-state index < -0.39 is 0 Å². The summed E-state index contributed by atoms with van der Waals surface area (Å²) in [6.07, 6.45) is 6.01. The first kappa shape index (κ1) is 19.8. The maximum Gasteiger partial charge on any atom is 0.228 e. The Labute approximate surface area is 182 Å². The summed E-state index contributed by atoms with van der Waals surface area (Å²) >= 11 is 0. The highest BCUT2D eigenvalue weighted by Gasteiger charge is 2.37. The zero-order valence-corrected chi connectivity index (χ0v) is 18.1. The lowest BCUT2D eigenvalue weighted by Gasteiger charge is -2.34. The van der Waals surface area contributed by atoms with E-state index in [4.69, 9.17) is 0 Å². The second kappa shape index (κ2) is 7.84. The summed E-state index contributed by atoms with van der Waals surface area (Å²) < 4.78 is 0. The van der Waals surface area contributed by atoms with Crippen molar-refractivity contribution in [2.45, 2.75) is 32.1 Å². The quantitative estimate of drug-likeness (QED) is 0.707. The first-order chi connectivity index (χ1) is 15.0. The second-order valence-corrected chi connectivity index (χ2v) is 8.95. The van der Waals surface area contributed by atoms with Crippen LogP contribution >= 0.6 is 0 Å². The molecule has 4 heterocycles. The third-order valence-corrected chi connectivity index (χ3v) is 6.87. The topological polar surface area (TPSA) is 69.3 Å². The van der Waals surface area contributed by atoms with Gasteiger partial charge in [0.05, 0.1) is 5.92 Å². The molecule has 2 fully saturated rings. The fourth-order valence-electron chi connectivity index (χ4n) is 5.22. The Morgan fingerprint density at radius 3 is 2.71 bits per heavy atom. The molecule has 5 rings (SSSR count). The zero-order valence-electron chi connectivity index (χ0n) is 18.1. The molecule has 3 aromatic rings. The number of hydrogen-bond acceptors (Lipinski definition) is 3. The van der Waals surface area contributed by atoms with E-state index >= 15 is 0 Å². The number of amides is 2. The van der Waals surface area contributed by atoms with E-state index in [0.717, 1.165) is 30.5 Å². The van der Waals surface area contributed by atoms with Crippen LogP contribution in [-0.2, 0) is 9.59 Å². The number of carbonyl (C=O) groups excluding carboxylic acids is 2. The van der Waals surface area contributed by atoms with Gasteiger partial charge in [0.15, 0.2) is 0 Å². The number of likely N-dealkylation sites (tertiary alicyclic amines) is 2. The van der Waals surface area contributed by atoms with Gasteiger partial charge in [-0.2, -0.15) is 0 Å². The summed E-state index contributed by atoms with van der Waals surface area (Å²) in [6, 6.07) is 10.5. The van der Waals surface area contributed by atoms with Crippen molar-refractivity contribution in [1.82, 2.24) is 19.8 Å². The molecule has 0 aliphatic carbocycles. The van der Waals surface area contributed by atoms with Gasteiger partial charge >= 0.3 is 0 Å². The Hall–Kier alpha value is -3.15. The number of pyridine rings is 1. The molecule has 2 amide bonds. The fraction of sp³-hybridized carbons (Fsp3) is 0.400. The van der Waals surface area contributed by atoms with E-state index in [0.29, 0.717) is 19.5 Å². The molecule has 0 radical (unpaired) electrons. The largest absolute Gasteiger partial charge is 0.357 e. The molecule has 0 spiro atoms. The molecule has 31 heavy (non-hydrogen) atoms. The number of piperidine rings is 1. The van der Waals surface area contributed by atoms with Gasteiger partial charge in [0, 0.05) is 73.6 Å². The smallest absolute Gasteiger partial charge is 0.228 e. The normalized spacial score (nSPS) is 21.8. The number of aromatic amines is 1. The Kier molecular flexibility index (Phi) is 5.00. The molecule has 160 valence electrons. The van der Waals surface area contributed by atoms with Crippen molar-refractivity contribution >= 4 is 22.7 Å². The second-order valence-electron chi connectivity index (χ2n) is 8.95. The van der Waals surface area contributed by atoms with E-state index in [1.54, 1.807) is 11.9 Å². The lowest BCUT2D eigenvalue weighted by Crippen LogP contribution is -2.43. The molecule has 6 heteroatoms. The molecule has 1 aromatic carbocycles. The van der Waals surface area contributed by atoms with Crippen molar-refractivity contribution in [3.05, 3.63) is 54.0 Å². The van der Waals surface area contributed by atoms with Crippen LogP contribution < -0.4 is 0 Å². The van der Waals surface area contributed by atoms with Gasteiger partial charge in [-0.15, -0.1) is 0 Å². The van der Waals surface area contributed by atoms with Crippen molar-refractivity contribution in [1.29, 1.82) is 0 Å². The molecule has 0 bridgehead atoms. The molecular formula is C25H28N4O2. The summed E-state index contributed by atoms with van der Waals surface area (Å²) in [6.45, 7) is 4.13. The number of aryl methyl sites for hydroxylation is 1. The van der Waals surface area contributed by atoms with Gasteiger partial charge in [-0.05, 0) is 43.0 Å². The maximum atomic E-state index is 13.2. The van der Waals surface area contributed by atoms with Crippen LogP contribution in [0.5, 0.6) is 0 Å².